The molecule has 0 aliphatic carbocycles. The first-order valence-electron chi connectivity index (χ1n) is 13.8. The normalized spacial score (nSPS) is 15.5. The van der Waals surface area contributed by atoms with E-state index < -0.39 is 49.4 Å². The number of nitriles is 1. The van der Waals surface area contributed by atoms with Crippen LogP contribution in [0, 0.1) is 11.3 Å². The number of likely N-dealkylation sites (tertiary alicyclic amines) is 1. The van der Waals surface area contributed by atoms with Crippen molar-refractivity contribution in [2.75, 3.05) is 52.7 Å². The highest BCUT2D eigenvalue weighted by atomic mass is 19.3. The molecular weight excluding hydrogens is 580 g/mol. The van der Waals surface area contributed by atoms with Gasteiger partial charge in [0.15, 0.2) is 0 Å². The molecule has 1 aliphatic rings. The lowest BCUT2D eigenvalue weighted by Crippen LogP contribution is -2.43. The Kier molecular flexibility index (Phi) is 11.0. The maximum atomic E-state index is 13.7. The Hall–Kier alpha value is -4.87. The van der Waals surface area contributed by atoms with E-state index >= 15 is 0 Å². The number of fused-ring (bicyclic) bond motifs is 1. The molecule has 3 amide bonds. The number of aromatic nitrogens is 1. The van der Waals surface area contributed by atoms with E-state index in [1.807, 2.05) is 18.2 Å². The van der Waals surface area contributed by atoms with Gasteiger partial charge in [0.1, 0.15) is 18.4 Å². The second-order valence-corrected chi connectivity index (χ2v) is 9.83. The largest absolute Gasteiger partial charge is 0.491 e. The number of hydrogen-bond donors (Lipinski definition) is 3. The number of amides is 3. The number of benzene rings is 2. The van der Waals surface area contributed by atoms with E-state index in [9.17, 15) is 23.2 Å². The molecular formula is C30H31F2N5O7. The molecule has 12 nitrogen and oxygen atoms in total. The Labute approximate surface area is 251 Å². The summed E-state index contributed by atoms with van der Waals surface area (Å²) in [6.07, 6.45) is -0.356. The molecule has 0 radical (unpaired) electrons. The first-order chi connectivity index (χ1) is 21.2. The van der Waals surface area contributed by atoms with E-state index in [-0.39, 0.29) is 18.7 Å². The van der Waals surface area contributed by atoms with Gasteiger partial charge in [0, 0.05) is 24.5 Å². The monoisotopic (exact) mass is 611 g/mol. The van der Waals surface area contributed by atoms with Gasteiger partial charge >= 0.3 is 6.09 Å². The van der Waals surface area contributed by atoms with E-state index in [4.69, 9.17) is 24.6 Å². The van der Waals surface area contributed by atoms with Crippen LogP contribution in [-0.2, 0) is 14.3 Å². The Balaban J connectivity index is 1.29. The van der Waals surface area contributed by atoms with Crippen molar-refractivity contribution in [2.45, 2.75) is 18.4 Å². The van der Waals surface area contributed by atoms with Gasteiger partial charge in [-0.1, -0.05) is 18.2 Å². The standard InChI is InChI=1S/C30H31F2N5O7/c31-30(32)16-22(17-33)37(19-30)27(38)18-36-28(39)24-7-8-34-26-6-3-21(15-25(24)26)20-1-4-23(5-2-20)44-14-13-43-12-11-42-10-9-35-29(40)41/h1-8,15,22,35H,9-14,16,18-19H2,(H,36,39)(H,40,41)/t22-/m0/s1. The van der Waals surface area contributed by atoms with Gasteiger partial charge < -0.3 is 34.9 Å². The Morgan fingerprint density at radius 2 is 1.70 bits per heavy atom. The van der Waals surface area contributed by atoms with Gasteiger partial charge in [0.05, 0.1) is 56.7 Å². The topological polar surface area (TPSA) is 163 Å². The first kappa shape index (κ1) is 32.1. The van der Waals surface area contributed by atoms with E-state index in [1.54, 1.807) is 30.3 Å². The molecule has 3 aromatic rings. The quantitative estimate of drug-likeness (QED) is 0.233. The van der Waals surface area contributed by atoms with Crippen molar-refractivity contribution in [1.29, 1.82) is 5.26 Å². The summed E-state index contributed by atoms with van der Waals surface area (Å²) >= 11 is 0. The summed E-state index contributed by atoms with van der Waals surface area (Å²) in [5, 5.41) is 22.8. The molecule has 232 valence electrons. The minimum Gasteiger partial charge on any atom is -0.491 e. The van der Waals surface area contributed by atoms with Crippen molar-refractivity contribution in [2.24, 2.45) is 0 Å². The predicted octanol–water partition coefficient (Wildman–Crippen LogP) is 3.07. The number of carbonyl (C=O) groups excluding carboxylic acids is 2. The van der Waals surface area contributed by atoms with Crippen LogP contribution in [-0.4, -0.2) is 97.5 Å². The number of ether oxygens (including phenoxy) is 3. The second kappa shape index (κ2) is 15.0. The molecule has 1 fully saturated rings. The maximum Gasteiger partial charge on any atom is 0.404 e. The third kappa shape index (κ3) is 8.82. The Morgan fingerprint density at radius 3 is 2.43 bits per heavy atom. The molecule has 0 spiro atoms. The SMILES string of the molecule is N#C[C@@H]1CC(F)(F)CN1C(=O)CNC(=O)c1ccnc2ccc(-c3ccc(OCCOCCOCCNC(=O)O)cc3)cc12. The molecule has 1 aliphatic heterocycles. The lowest BCUT2D eigenvalue weighted by Gasteiger charge is -2.19. The summed E-state index contributed by atoms with van der Waals surface area (Å²) in [7, 11) is 0. The van der Waals surface area contributed by atoms with E-state index in [0.29, 0.717) is 43.1 Å². The van der Waals surface area contributed by atoms with Crippen molar-refractivity contribution in [3.8, 4) is 22.9 Å². The van der Waals surface area contributed by atoms with Crippen molar-refractivity contribution in [1.82, 2.24) is 20.5 Å². The van der Waals surface area contributed by atoms with Crippen LogP contribution in [0.4, 0.5) is 13.6 Å². The number of carbonyl (C=O) groups is 3. The zero-order valence-electron chi connectivity index (χ0n) is 23.6. The molecule has 1 saturated heterocycles. The highest BCUT2D eigenvalue weighted by molar-refractivity contribution is 6.07. The van der Waals surface area contributed by atoms with Crippen LogP contribution in [0.3, 0.4) is 0 Å². The van der Waals surface area contributed by atoms with Crippen molar-refractivity contribution < 1.29 is 42.5 Å². The average Bonchev–Trinajstić information content (AvgIpc) is 3.34. The van der Waals surface area contributed by atoms with Gasteiger partial charge in [0.25, 0.3) is 11.8 Å². The molecule has 2 heterocycles. The van der Waals surface area contributed by atoms with Gasteiger partial charge in [-0.25, -0.2) is 13.6 Å². The summed E-state index contributed by atoms with van der Waals surface area (Å²) in [5.74, 6) is -3.84. The third-order valence-electron chi connectivity index (χ3n) is 6.70. The van der Waals surface area contributed by atoms with Crippen LogP contribution in [0.25, 0.3) is 22.0 Å². The van der Waals surface area contributed by atoms with Crippen LogP contribution in [0.2, 0.25) is 0 Å². The number of alkyl halides is 2. The van der Waals surface area contributed by atoms with Crippen LogP contribution in [0.15, 0.2) is 54.7 Å². The van der Waals surface area contributed by atoms with Gasteiger partial charge in [-0.15, -0.1) is 0 Å². The predicted molar refractivity (Wildman–Crippen MR) is 153 cm³/mol. The van der Waals surface area contributed by atoms with Gasteiger partial charge in [-0.05, 0) is 41.5 Å². The second-order valence-electron chi connectivity index (χ2n) is 9.83. The van der Waals surface area contributed by atoms with E-state index in [0.717, 1.165) is 16.0 Å². The van der Waals surface area contributed by atoms with Crippen molar-refractivity contribution >= 4 is 28.8 Å². The molecule has 1 atom stereocenters. The molecule has 0 unspecified atom stereocenters. The molecule has 3 N–H and O–H groups in total. The molecule has 4 rings (SSSR count). The van der Waals surface area contributed by atoms with Crippen LogP contribution in [0.5, 0.6) is 5.75 Å². The minimum atomic E-state index is -3.14. The maximum absolute atomic E-state index is 13.7. The summed E-state index contributed by atoms with van der Waals surface area (Å²) in [6, 6.07) is 14.8. The number of carboxylic acid groups (broad SMARTS) is 1. The smallest absolute Gasteiger partial charge is 0.404 e. The molecule has 44 heavy (non-hydrogen) atoms. The minimum absolute atomic E-state index is 0.209. The van der Waals surface area contributed by atoms with Crippen molar-refractivity contribution in [3.63, 3.8) is 0 Å². The number of rotatable bonds is 14. The van der Waals surface area contributed by atoms with Crippen LogP contribution in [0.1, 0.15) is 16.8 Å². The zero-order chi connectivity index (χ0) is 31.5. The summed E-state index contributed by atoms with van der Waals surface area (Å²) < 4.78 is 43.8. The Bertz CT molecular complexity index is 1510. The summed E-state index contributed by atoms with van der Waals surface area (Å²) in [5.41, 5.74) is 2.47. The fraction of sp³-hybridized carbons (Fsp3) is 0.367. The molecule has 0 bridgehead atoms. The molecule has 1 aromatic heterocycles. The molecule has 2 aromatic carbocycles. The number of pyridine rings is 1. The summed E-state index contributed by atoms with van der Waals surface area (Å²) in [4.78, 5) is 41.0. The number of nitrogens with zero attached hydrogens (tertiary/aromatic N) is 3. The molecule has 14 heteroatoms. The summed E-state index contributed by atoms with van der Waals surface area (Å²) in [6.45, 7) is 0.436. The van der Waals surface area contributed by atoms with Crippen LogP contribution < -0.4 is 15.4 Å². The van der Waals surface area contributed by atoms with Gasteiger partial charge in [-0.2, -0.15) is 5.26 Å². The van der Waals surface area contributed by atoms with Gasteiger partial charge in [0.2, 0.25) is 5.91 Å². The highest BCUT2D eigenvalue weighted by Gasteiger charge is 2.47. The number of hydrogen-bond acceptors (Lipinski definition) is 8. The van der Waals surface area contributed by atoms with Crippen molar-refractivity contribution in [3.05, 3.63) is 60.3 Å². The lowest BCUT2D eigenvalue weighted by atomic mass is 10.0. The Morgan fingerprint density at radius 1 is 1.00 bits per heavy atom. The first-order valence-corrected chi connectivity index (χ1v) is 13.8. The number of nitrogens with one attached hydrogen (secondary N) is 2. The van der Waals surface area contributed by atoms with Gasteiger partial charge in [-0.3, -0.25) is 14.6 Å². The third-order valence-corrected chi connectivity index (χ3v) is 6.70. The van der Waals surface area contributed by atoms with E-state index in [1.165, 1.54) is 12.3 Å². The fourth-order valence-corrected chi connectivity index (χ4v) is 4.58. The lowest BCUT2D eigenvalue weighted by molar-refractivity contribution is -0.131. The molecule has 0 saturated carbocycles. The van der Waals surface area contributed by atoms with E-state index in [2.05, 4.69) is 15.6 Å². The fourth-order valence-electron chi connectivity index (χ4n) is 4.58. The zero-order valence-corrected chi connectivity index (χ0v) is 23.6. The van der Waals surface area contributed by atoms with Crippen LogP contribution >= 0.6 is 0 Å². The average molecular weight is 612 g/mol. The number of halogens is 2. The highest BCUT2D eigenvalue weighted by Crippen LogP contribution is 2.32.